The van der Waals surface area contributed by atoms with E-state index in [1.807, 2.05) is 64.1 Å². The molecule has 4 rings (SSSR count). The summed E-state index contributed by atoms with van der Waals surface area (Å²) >= 11 is 0. The maximum absolute atomic E-state index is 10.8. The molecule has 42 heavy (non-hydrogen) atoms. The number of rotatable bonds is 9. The number of allylic oxidation sites excluding steroid dienone is 5. The molecule has 1 aliphatic carbocycles. The third-order valence-electron chi connectivity index (χ3n) is 7.24. The summed E-state index contributed by atoms with van der Waals surface area (Å²) < 4.78 is 0. The van der Waals surface area contributed by atoms with Crippen molar-refractivity contribution in [2.75, 3.05) is 7.11 Å². The van der Waals surface area contributed by atoms with Crippen molar-refractivity contribution in [1.82, 2.24) is 0 Å². The second-order valence-electron chi connectivity index (χ2n) is 9.62. The molecule has 0 spiro atoms. The first kappa shape index (κ1) is 36.1. The zero-order valence-electron chi connectivity index (χ0n) is 26.9. The fourth-order valence-electron chi connectivity index (χ4n) is 5.12. The quantitative estimate of drug-likeness (QED) is 0.255. The molecule has 2 N–H and O–H groups in total. The summed E-state index contributed by atoms with van der Waals surface area (Å²) in [7, 11) is 1.00. The summed E-state index contributed by atoms with van der Waals surface area (Å²) in [6.45, 7) is 23.5. The van der Waals surface area contributed by atoms with Gasteiger partial charge in [0.15, 0.2) is 0 Å². The first-order valence-corrected chi connectivity index (χ1v) is 15.0. The average Bonchev–Trinajstić information content (AvgIpc) is 3.05. The molecule has 2 nitrogen and oxygen atoms in total. The number of benzene rings is 3. The summed E-state index contributed by atoms with van der Waals surface area (Å²) in [6.07, 6.45) is 1.80. The van der Waals surface area contributed by atoms with E-state index in [1.54, 1.807) is 0 Å². The molecule has 0 amide bonds. The molecule has 222 valence electrons. The molecule has 0 saturated heterocycles. The molecule has 0 heterocycles. The molecule has 3 aromatic carbocycles. The molecule has 0 aromatic heterocycles. The summed E-state index contributed by atoms with van der Waals surface area (Å²) in [6, 6.07) is 28.8. The van der Waals surface area contributed by atoms with Gasteiger partial charge in [0.25, 0.3) is 0 Å². The Balaban J connectivity index is 0.00000138. The molecule has 0 saturated carbocycles. The number of hydrogen-bond acceptors (Lipinski definition) is 2. The van der Waals surface area contributed by atoms with Crippen molar-refractivity contribution >= 4 is 5.57 Å². The van der Waals surface area contributed by atoms with E-state index in [1.165, 1.54) is 16.7 Å². The van der Waals surface area contributed by atoms with Crippen LogP contribution in [0.4, 0.5) is 0 Å². The molecule has 0 fully saturated rings. The van der Waals surface area contributed by atoms with E-state index in [-0.39, 0.29) is 11.8 Å². The third kappa shape index (κ3) is 9.31. The van der Waals surface area contributed by atoms with Crippen molar-refractivity contribution in [2.24, 2.45) is 5.92 Å². The van der Waals surface area contributed by atoms with E-state index in [0.717, 1.165) is 40.5 Å². The Bertz CT molecular complexity index is 1400. The van der Waals surface area contributed by atoms with Crippen molar-refractivity contribution < 1.29 is 10.2 Å². The van der Waals surface area contributed by atoms with E-state index in [9.17, 15) is 5.11 Å². The van der Waals surface area contributed by atoms with Gasteiger partial charge in [-0.05, 0) is 70.4 Å². The van der Waals surface area contributed by atoms with Crippen LogP contribution in [0.25, 0.3) is 5.57 Å². The lowest BCUT2D eigenvalue weighted by Crippen LogP contribution is -2.17. The predicted octanol–water partition coefficient (Wildman–Crippen LogP) is 10.3. The van der Waals surface area contributed by atoms with Gasteiger partial charge in [-0.3, -0.25) is 0 Å². The molecular weight excluding hydrogens is 512 g/mol. The van der Waals surface area contributed by atoms with Gasteiger partial charge in [0, 0.05) is 25.0 Å². The van der Waals surface area contributed by atoms with Crippen LogP contribution in [0, 0.1) is 12.8 Å². The molecule has 3 aromatic rings. The van der Waals surface area contributed by atoms with Gasteiger partial charge in [-0.1, -0.05) is 144 Å². The van der Waals surface area contributed by atoms with E-state index in [2.05, 4.69) is 100.0 Å². The average molecular weight is 563 g/mol. The van der Waals surface area contributed by atoms with Crippen LogP contribution in [-0.2, 0) is 0 Å². The summed E-state index contributed by atoms with van der Waals surface area (Å²) in [4.78, 5) is 0. The fourth-order valence-corrected chi connectivity index (χ4v) is 5.12. The molecule has 2 heteroatoms. The number of aryl methyl sites for hydroxylation is 1. The smallest absolute Gasteiger partial charge is 0.0830 e. The first-order chi connectivity index (χ1) is 20.4. The third-order valence-corrected chi connectivity index (χ3v) is 7.24. The highest BCUT2D eigenvalue weighted by Crippen LogP contribution is 2.44. The highest BCUT2D eigenvalue weighted by Gasteiger charge is 2.30. The standard InChI is InChI=1S/C35H34O.2C2H6.CH4O/c1-24-15-12-13-20-31(24)28(5)35(26(3)29-16-8-6-9-17-29)33-22-14-21-32(27(33)4)25(2)23-34(36)30-18-10-7-11-19-30;3*1-2/h6-13,15-21,26,34-36H,2,5,23H2,1,3-4H3;2*1-2H3;2H,1H3. The molecule has 3 unspecified atom stereocenters. The van der Waals surface area contributed by atoms with Gasteiger partial charge in [-0.25, -0.2) is 0 Å². The Morgan fingerprint density at radius 3 is 1.81 bits per heavy atom. The van der Waals surface area contributed by atoms with E-state index in [4.69, 9.17) is 5.11 Å². The number of aliphatic hydroxyl groups is 2. The van der Waals surface area contributed by atoms with E-state index in [0.29, 0.717) is 6.42 Å². The van der Waals surface area contributed by atoms with Crippen LogP contribution < -0.4 is 0 Å². The minimum atomic E-state index is -0.605. The summed E-state index contributed by atoms with van der Waals surface area (Å²) in [5.41, 5.74) is 16.4. The van der Waals surface area contributed by atoms with Crippen LogP contribution in [0.5, 0.6) is 0 Å². The van der Waals surface area contributed by atoms with Crippen LogP contribution in [0.3, 0.4) is 0 Å². The Labute approximate surface area is 255 Å². The van der Waals surface area contributed by atoms with Crippen LogP contribution in [0.1, 0.15) is 82.2 Å². The topological polar surface area (TPSA) is 40.5 Å². The Kier molecular flexibility index (Phi) is 16.6. The minimum absolute atomic E-state index is 0.0107. The zero-order valence-corrected chi connectivity index (χ0v) is 26.9. The predicted molar refractivity (Wildman–Crippen MR) is 182 cm³/mol. The first-order valence-electron chi connectivity index (χ1n) is 15.0. The SMILES string of the molecule is C=C(CC(O)c1ccccc1)C1=C(C)C(C(C(=C)c2ccccc2C)C(C)c2ccccc2)=C=C=C1.CC.CC.CO. The number of aliphatic hydroxyl groups excluding tert-OH is 2. The second kappa shape index (κ2) is 19.3. The Hall–Kier alpha value is -3.90. The van der Waals surface area contributed by atoms with Gasteiger partial charge in [0.2, 0.25) is 0 Å². The van der Waals surface area contributed by atoms with Crippen LogP contribution in [0.2, 0.25) is 0 Å². The molecule has 3 atom stereocenters. The van der Waals surface area contributed by atoms with Crippen LogP contribution in [0.15, 0.2) is 138 Å². The Morgan fingerprint density at radius 2 is 1.26 bits per heavy atom. The highest BCUT2D eigenvalue weighted by atomic mass is 16.3. The van der Waals surface area contributed by atoms with Crippen molar-refractivity contribution in [2.45, 2.75) is 66.9 Å². The van der Waals surface area contributed by atoms with Crippen molar-refractivity contribution in [3.8, 4) is 0 Å². The fraction of sp³-hybridized carbons (Fsp3) is 0.300. The van der Waals surface area contributed by atoms with Crippen molar-refractivity contribution in [3.63, 3.8) is 0 Å². The summed E-state index contributed by atoms with van der Waals surface area (Å²) in [5.74, 6) is 0.191. The molecule has 0 radical (unpaired) electrons. The lowest BCUT2D eigenvalue weighted by Gasteiger charge is -2.31. The maximum atomic E-state index is 10.8. The highest BCUT2D eigenvalue weighted by molar-refractivity contribution is 5.73. The molecule has 0 aliphatic heterocycles. The van der Waals surface area contributed by atoms with Crippen molar-refractivity contribution in [3.05, 3.63) is 160 Å². The number of hydrogen-bond donors (Lipinski definition) is 2. The van der Waals surface area contributed by atoms with E-state index >= 15 is 0 Å². The molecular formula is C40H50O2. The van der Waals surface area contributed by atoms with Crippen molar-refractivity contribution in [1.29, 1.82) is 0 Å². The molecule has 1 aliphatic rings. The summed E-state index contributed by atoms with van der Waals surface area (Å²) in [5, 5.41) is 17.8. The minimum Gasteiger partial charge on any atom is -0.400 e. The van der Waals surface area contributed by atoms with Gasteiger partial charge in [0.05, 0.1) is 6.10 Å². The van der Waals surface area contributed by atoms with Gasteiger partial charge in [-0.2, -0.15) is 0 Å². The van der Waals surface area contributed by atoms with Crippen LogP contribution >= 0.6 is 0 Å². The van der Waals surface area contributed by atoms with Gasteiger partial charge in [-0.15, -0.1) is 0 Å². The lowest BCUT2D eigenvalue weighted by molar-refractivity contribution is 0.179. The van der Waals surface area contributed by atoms with E-state index < -0.39 is 6.10 Å². The van der Waals surface area contributed by atoms with Crippen LogP contribution in [-0.4, -0.2) is 17.3 Å². The monoisotopic (exact) mass is 562 g/mol. The lowest BCUT2D eigenvalue weighted by atomic mass is 9.72. The largest absolute Gasteiger partial charge is 0.400 e. The van der Waals surface area contributed by atoms with Gasteiger partial charge in [0.1, 0.15) is 0 Å². The normalized spacial score (nSPS) is 13.5. The maximum Gasteiger partial charge on any atom is 0.0830 e. The second-order valence-corrected chi connectivity index (χ2v) is 9.62. The van der Waals surface area contributed by atoms with Gasteiger partial charge < -0.3 is 10.2 Å². The zero-order chi connectivity index (χ0) is 31.7. The Morgan fingerprint density at radius 1 is 0.762 bits per heavy atom. The molecule has 0 bridgehead atoms. The van der Waals surface area contributed by atoms with Gasteiger partial charge >= 0.3 is 0 Å².